The van der Waals surface area contributed by atoms with Crippen molar-refractivity contribution in [2.45, 2.75) is 18.8 Å². The molecule has 21 heavy (non-hydrogen) atoms. The van der Waals surface area contributed by atoms with Gasteiger partial charge in [-0.1, -0.05) is 6.07 Å². The van der Waals surface area contributed by atoms with Crippen molar-refractivity contribution >= 4 is 0 Å². The number of nitrogens with zero attached hydrogens (tertiary/aromatic N) is 2. The van der Waals surface area contributed by atoms with Crippen LogP contribution in [-0.2, 0) is 18.8 Å². The molecule has 0 aliphatic heterocycles. The van der Waals surface area contributed by atoms with Crippen LogP contribution in [0.25, 0.3) is 11.1 Å². The molecule has 1 aromatic heterocycles. The molecule has 0 N–H and O–H groups in total. The van der Waals surface area contributed by atoms with Crippen molar-refractivity contribution in [1.29, 1.82) is 0 Å². The van der Waals surface area contributed by atoms with Crippen LogP contribution in [0.15, 0.2) is 24.4 Å². The summed E-state index contributed by atoms with van der Waals surface area (Å²) in [7, 11) is 0. The molecule has 0 saturated heterocycles. The van der Waals surface area contributed by atoms with Gasteiger partial charge in [0.25, 0.3) is 0 Å². The van der Waals surface area contributed by atoms with Crippen LogP contribution in [0.3, 0.4) is 0 Å². The Balaban J connectivity index is 2.06. The van der Waals surface area contributed by atoms with E-state index in [1.54, 1.807) is 0 Å². The summed E-state index contributed by atoms with van der Waals surface area (Å²) in [4.78, 5) is 6.65. The van der Waals surface area contributed by atoms with Gasteiger partial charge >= 0.3 is 12.4 Å². The second kappa shape index (κ2) is 4.19. The number of rotatable bonds is 0. The first-order chi connectivity index (χ1) is 9.66. The minimum Gasteiger partial charge on any atom is -0.232 e. The van der Waals surface area contributed by atoms with Gasteiger partial charge in [0, 0.05) is 18.2 Å². The molecule has 3 rings (SSSR count). The van der Waals surface area contributed by atoms with Crippen LogP contribution in [0.1, 0.15) is 22.6 Å². The maximum atomic E-state index is 12.6. The van der Waals surface area contributed by atoms with Crippen LogP contribution in [0, 0.1) is 0 Å². The van der Waals surface area contributed by atoms with Crippen molar-refractivity contribution in [2.75, 3.05) is 0 Å². The van der Waals surface area contributed by atoms with Gasteiger partial charge in [0.05, 0.1) is 11.3 Å². The second-order valence-corrected chi connectivity index (χ2v) is 4.60. The summed E-state index contributed by atoms with van der Waals surface area (Å²) in [6.45, 7) is 0. The van der Waals surface area contributed by atoms with E-state index in [-0.39, 0.29) is 12.1 Å². The zero-order valence-electron chi connectivity index (χ0n) is 10.2. The highest BCUT2D eigenvalue weighted by Gasteiger charge is 2.37. The molecular weight excluding hydrogens is 298 g/mol. The molecule has 0 bridgehead atoms. The minimum absolute atomic E-state index is 0.0693. The number of benzene rings is 1. The van der Waals surface area contributed by atoms with E-state index in [4.69, 9.17) is 0 Å². The van der Waals surface area contributed by atoms with Crippen molar-refractivity contribution in [1.82, 2.24) is 9.97 Å². The average molecular weight is 304 g/mol. The highest BCUT2D eigenvalue weighted by Crippen LogP contribution is 2.40. The Bertz CT molecular complexity index is 656. The molecule has 0 fully saturated rings. The first-order valence-corrected chi connectivity index (χ1v) is 5.80. The fraction of sp³-hybridized carbons (Fsp3) is 0.231. The van der Waals surface area contributed by atoms with E-state index < -0.39 is 23.7 Å². The highest BCUT2D eigenvalue weighted by molar-refractivity contribution is 5.75. The smallest absolute Gasteiger partial charge is 0.232 e. The predicted molar refractivity (Wildman–Crippen MR) is 60.3 cm³/mol. The van der Waals surface area contributed by atoms with E-state index in [1.165, 1.54) is 6.07 Å². The Morgan fingerprint density at radius 1 is 0.905 bits per heavy atom. The third kappa shape index (κ3) is 2.34. The Labute approximate surface area is 114 Å². The first-order valence-electron chi connectivity index (χ1n) is 5.80. The largest absolute Gasteiger partial charge is 0.451 e. The molecule has 0 radical (unpaired) electrons. The number of fused-ring (bicyclic) bond motifs is 3. The lowest BCUT2D eigenvalue weighted by Gasteiger charge is -2.08. The third-order valence-corrected chi connectivity index (χ3v) is 3.20. The molecule has 0 unspecified atom stereocenters. The quantitative estimate of drug-likeness (QED) is 0.585. The van der Waals surface area contributed by atoms with Crippen LogP contribution < -0.4 is 0 Å². The van der Waals surface area contributed by atoms with Gasteiger partial charge in [0.2, 0.25) is 5.82 Å². The van der Waals surface area contributed by atoms with E-state index in [9.17, 15) is 26.3 Å². The Morgan fingerprint density at radius 2 is 1.62 bits per heavy atom. The molecule has 0 spiro atoms. The molecule has 2 aromatic rings. The van der Waals surface area contributed by atoms with Gasteiger partial charge < -0.3 is 0 Å². The zero-order chi connectivity index (χ0) is 15.4. The third-order valence-electron chi connectivity index (χ3n) is 3.20. The average Bonchev–Trinajstić information content (AvgIpc) is 2.73. The van der Waals surface area contributed by atoms with Gasteiger partial charge in [-0.3, -0.25) is 0 Å². The Kier molecular flexibility index (Phi) is 2.76. The number of halogens is 6. The molecule has 1 aromatic carbocycles. The van der Waals surface area contributed by atoms with Gasteiger partial charge in [-0.2, -0.15) is 26.3 Å². The van der Waals surface area contributed by atoms with E-state index in [0.717, 1.165) is 18.3 Å². The van der Waals surface area contributed by atoms with Crippen molar-refractivity contribution in [2.24, 2.45) is 0 Å². The highest BCUT2D eigenvalue weighted by atomic mass is 19.4. The van der Waals surface area contributed by atoms with Crippen LogP contribution in [-0.4, -0.2) is 9.97 Å². The van der Waals surface area contributed by atoms with Crippen LogP contribution >= 0.6 is 0 Å². The first kappa shape index (κ1) is 13.8. The summed E-state index contributed by atoms with van der Waals surface area (Å²) in [5.74, 6) is -1.29. The summed E-state index contributed by atoms with van der Waals surface area (Å²) >= 11 is 0. The van der Waals surface area contributed by atoms with Crippen LogP contribution in [0.5, 0.6) is 0 Å². The predicted octanol–water partition coefficient (Wildman–Crippen LogP) is 4.09. The van der Waals surface area contributed by atoms with E-state index in [0.29, 0.717) is 16.7 Å². The summed E-state index contributed by atoms with van der Waals surface area (Å²) in [6, 6.07) is 3.07. The molecule has 1 aliphatic carbocycles. The Morgan fingerprint density at radius 3 is 2.24 bits per heavy atom. The minimum atomic E-state index is -4.68. The topological polar surface area (TPSA) is 25.8 Å². The van der Waals surface area contributed by atoms with Gasteiger partial charge in [-0.15, -0.1) is 0 Å². The van der Waals surface area contributed by atoms with Gasteiger partial charge in [-0.05, 0) is 23.3 Å². The lowest BCUT2D eigenvalue weighted by Crippen LogP contribution is -2.11. The molecule has 1 heterocycles. The van der Waals surface area contributed by atoms with Crippen molar-refractivity contribution in [3.63, 3.8) is 0 Å². The SMILES string of the molecule is FC(F)(F)c1ccc2c(c1)Cc1nc(C(F)(F)F)ncc1-2. The maximum absolute atomic E-state index is 12.6. The zero-order valence-corrected chi connectivity index (χ0v) is 10.2. The molecule has 0 atom stereocenters. The number of hydrogen-bond acceptors (Lipinski definition) is 2. The van der Waals surface area contributed by atoms with Gasteiger partial charge in [0.1, 0.15) is 0 Å². The van der Waals surface area contributed by atoms with Crippen molar-refractivity contribution in [3.8, 4) is 11.1 Å². The fourth-order valence-electron chi connectivity index (χ4n) is 2.27. The summed E-state index contributed by atoms with van der Waals surface area (Å²) < 4.78 is 75.5. The fourth-order valence-corrected chi connectivity index (χ4v) is 2.27. The van der Waals surface area contributed by atoms with Crippen molar-refractivity contribution < 1.29 is 26.3 Å². The molecule has 0 saturated carbocycles. The molecular formula is C13H6F6N2. The molecule has 0 amide bonds. The standard InChI is InChI=1S/C13H6F6N2/c14-12(15,16)7-1-2-8-6(3-7)4-10-9(8)5-20-11(21-10)13(17,18)19/h1-3,5H,4H2. The summed E-state index contributed by atoms with van der Waals surface area (Å²) in [5.41, 5.74) is 0.330. The summed E-state index contributed by atoms with van der Waals surface area (Å²) in [6.07, 6.45) is -8.24. The molecule has 8 heteroatoms. The van der Waals surface area contributed by atoms with E-state index >= 15 is 0 Å². The van der Waals surface area contributed by atoms with E-state index in [2.05, 4.69) is 9.97 Å². The normalized spacial score (nSPS) is 14.0. The molecule has 110 valence electrons. The Hall–Kier alpha value is -2.12. The number of aromatic nitrogens is 2. The lowest BCUT2D eigenvalue weighted by molar-refractivity contribution is -0.145. The van der Waals surface area contributed by atoms with Gasteiger partial charge in [0.15, 0.2) is 0 Å². The molecule has 1 aliphatic rings. The van der Waals surface area contributed by atoms with Crippen LogP contribution in [0.2, 0.25) is 0 Å². The maximum Gasteiger partial charge on any atom is 0.451 e. The monoisotopic (exact) mass is 304 g/mol. The number of alkyl halides is 6. The van der Waals surface area contributed by atoms with E-state index in [1.807, 2.05) is 0 Å². The molecule has 2 nitrogen and oxygen atoms in total. The van der Waals surface area contributed by atoms with Gasteiger partial charge in [-0.25, -0.2) is 9.97 Å². The van der Waals surface area contributed by atoms with Crippen LogP contribution in [0.4, 0.5) is 26.3 Å². The summed E-state index contributed by atoms with van der Waals surface area (Å²) in [5, 5.41) is 0. The number of hydrogen-bond donors (Lipinski definition) is 0. The lowest BCUT2D eigenvalue weighted by atomic mass is 10.0. The second-order valence-electron chi connectivity index (χ2n) is 4.60. The van der Waals surface area contributed by atoms with Crippen molar-refractivity contribution in [3.05, 3.63) is 47.0 Å².